The lowest BCUT2D eigenvalue weighted by molar-refractivity contribution is 0.157. The Morgan fingerprint density at radius 3 is 2.88 bits per heavy atom. The standard InChI is InChI=1S/C13H21N3/c1-10-3-4-13(15-6-10)9-16-7-11(2)5-12(14)8-16/h3-4,6,11-12H,5,7-9,14H2,1-2H3. The van der Waals surface area contributed by atoms with E-state index < -0.39 is 0 Å². The van der Waals surface area contributed by atoms with Gasteiger partial charge in [0.15, 0.2) is 0 Å². The zero-order chi connectivity index (χ0) is 11.5. The second-order valence-electron chi connectivity index (χ2n) is 5.12. The SMILES string of the molecule is Cc1ccc(CN2CC(C)CC(N)C2)nc1. The molecule has 2 unspecified atom stereocenters. The van der Waals surface area contributed by atoms with Crippen molar-refractivity contribution < 1.29 is 0 Å². The summed E-state index contributed by atoms with van der Waals surface area (Å²) in [5.74, 6) is 0.703. The van der Waals surface area contributed by atoms with Crippen molar-refractivity contribution in [1.29, 1.82) is 0 Å². The predicted octanol–water partition coefficient (Wildman–Crippen LogP) is 1.56. The van der Waals surface area contributed by atoms with Crippen molar-refractivity contribution in [2.24, 2.45) is 11.7 Å². The summed E-state index contributed by atoms with van der Waals surface area (Å²) in [6, 6.07) is 4.56. The summed E-state index contributed by atoms with van der Waals surface area (Å²) in [6.07, 6.45) is 3.08. The molecular weight excluding hydrogens is 198 g/mol. The van der Waals surface area contributed by atoms with E-state index in [0.29, 0.717) is 12.0 Å². The summed E-state index contributed by atoms with van der Waals surface area (Å²) in [7, 11) is 0. The molecule has 3 heteroatoms. The van der Waals surface area contributed by atoms with E-state index >= 15 is 0 Å². The fourth-order valence-electron chi connectivity index (χ4n) is 2.46. The van der Waals surface area contributed by atoms with Gasteiger partial charge in [0, 0.05) is 31.9 Å². The molecule has 1 fully saturated rings. The van der Waals surface area contributed by atoms with E-state index in [1.807, 2.05) is 6.20 Å². The Morgan fingerprint density at radius 1 is 1.44 bits per heavy atom. The molecule has 0 amide bonds. The van der Waals surface area contributed by atoms with Crippen molar-refractivity contribution >= 4 is 0 Å². The molecule has 1 aromatic rings. The van der Waals surface area contributed by atoms with Gasteiger partial charge < -0.3 is 5.73 Å². The molecule has 1 aliphatic rings. The number of hydrogen-bond donors (Lipinski definition) is 1. The van der Waals surface area contributed by atoms with Gasteiger partial charge in [-0.2, -0.15) is 0 Å². The van der Waals surface area contributed by atoms with Gasteiger partial charge in [-0.1, -0.05) is 13.0 Å². The van der Waals surface area contributed by atoms with Crippen LogP contribution in [0, 0.1) is 12.8 Å². The van der Waals surface area contributed by atoms with E-state index in [1.54, 1.807) is 0 Å². The minimum Gasteiger partial charge on any atom is -0.327 e. The normalized spacial score (nSPS) is 26.9. The van der Waals surface area contributed by atoms with Gasteiger partial charge in [-0.05, 0) is 30.9 Å². The number of aryl methyl sites for hydroxylation is 1. The maximum absolute atomic E-state index is 6.03. The molecule has 0 saturated carbocycles. The van der Waals surface area contributed by atoms with E-state index in [1.165, 1.54) is 5.56 Å². The monoisotopic (exact) mass is 219 g/mol. The van der Waals surface area contributed by atoms with Crippen LogP contribution < -0.4 is 5.73 Å². The van der Waals surface area contributed by atoms with Crippen LogP contribution in [0.15, 0.2) is 18.3 Å². The maximum Gasteiger partial charge on any atom is 0.0544 e. The highest BCUT2D eigenvalue weighted by atomic mass is 15.2. The number of hydrogen-bond acceptors (Lipinski definition) is 3. The van der Waals surface area contributed by atoms with Crippen LogP contribution in [-0.2, 0) is 6.54 Å². The van der Waals surface area contributed by atoms with Crippen LogP contribution in [0.2, 0.25) is 0 Å². The van der Waals surface area contributed by atoms with E-state index in [0.717, 1.165) is 31.7 Å². The summed E-state index contributed by atoms with van der Waals surface area (Å²) in [5.41, 5.74) is 8.39. The van der Waals surface area contributed by atoms with Crippen LogP contribution in [0.4, 0.5) is 0 Å². The first-order chi connectivity index (χ1) is 7.63. The molecule has 2 atom stereocenters. The summed E-state index contributed by atoms with van der Waals surface area (Å²) in [6.45, 7) is 7.41. The molecule has 0 spiro atoms. The third kappa shape index (κ3) is 3.03. The highest BCUT2D eigenvalue weighted by Gasteiger charge is 2.22. The van der Waals surface area contributed by atoms with Crippen LogP contribution in [0.25, 0.3) is 0 Å². The van der Waals surface area contributed by atoms with Crippen molar-refractivity contribution in [1.82, 2.24) is 9.88 Å². The van der Waals surface area contributed by atoms with E-state index in [2.05, 4.69) is 35.9 Å². The second kappa shape index (κ2) is 4.93. The molecule has 1 aliphatic heterocycles. The number of piperidine rings is 1. The number of pyridine rings is 1. The van der Waals surface area contributed by atoms with Gasteiger partial charge in [0.2, 0.25) is 0 Å². The molecule has 1 saturated heterocycles. The molecule has 2 N–H and O–H groups in total. The zero-order valence-corrected chi connectivity index (χ0v) is 10.2. The van der Waals surface area contributed by atoms with Crippen LogP contribution in [0.1, 0.15) is 24.6 Å². The first-order valence-electron chi connectivity index (χ1n) is 6.03. The van der Waals surface area contributed by atoms with Crippen molar-refractivity contribution in [2.75, 3.05) is 13.1 Å². The number of rotatable bonds is 2. The van der Waals surface area contributed by atoms with Crippen molar-refractivity contribution in [3.05, 3.63) is 29.6 Å². The van der Waals surface area contributed by atoms with Crippen LogP contribution >= 0.6 is 0 Å². The molecule has 0 radical (unpaired) electrons. The van der Waals surface area contributed by atoms with E-state index in [9.17, 15) is 0 Å². The first kappa shape index (κ1) is 11.6. The molecule has 88 valence electrons. The Labute approximate surface area is 97.7 Å². The van der Waals surface area contributed by atoms with Crippen molar-refractivity contribution in [2.45, 2.75) is 32.9 Å². The summed E-state index contributed by atoms with van der Waals surface area (Å²) >= 11 is 0. The number of nitrogens with two attached hydrogens (primary N) is 1. The van der Waals surface area contributed by atoms with Crippen molar-refractivity contribution in [3.63, 3.8) is 0 Å². The van der Waals surface area contributed by atoms with Gasteiger partial charge in [-0.3, -0.25) is 9.88 Å². The molecule has 1 aromatic heterocycles. The predicted molar refractivity (Wildman–Crippen MR) is 66.0 cm³/mol. The zero-order valence-electron chi connectivity index (χ0n) is 10.2. The quantitative estimate of drug-likeness (QED) is 0.820. The number of aromatic nitrogens is 1. The Bertz CT molecular complexity index is 324. The molecule has 0 aromatic carbocycles. The summed E-state index contributed by atoms with van der Waals surface area (Å²) in [5, 5.41) is 0. The highest BCUT2D eigenvalue weighted by molar-refractivity contribution is 5.12. The lowest BCUT2D eigenvalue weighted by atomic mass is 9.96. The van der Waals surface area contributed by atoms with Gasteiger partial charge in [-0.25, -0.2) is 0 Å². The fraction of sp³-hybridized carbons (Fsp3) is 0.615. The average molecular weight is 219 g/mol. The fourth-order valence-corrected chi connectivity index (χ4v) is 2.46. The minimum absolute atomic E-state index is 0.328. The third-order valence-corrected chi connectivity index (χ3v) is 3.13. The van der Waals surface area contributed by atoms with Crippen LogP contribution in [-0.4, -0.2) is 29.0 Å². The molecule has 3 nitrogen and oxygen atoms in total. The maximum atomic E-state index is 6.03. The molecule has 0 bridgehead atoms. The number of nitrogens with zero attached hydrogens (tertiary/aromatic N) is 2. The summed E-state index contributed by atoms with van der Waals surface area (Å²) < 4.78 is 0. The van der Waals surface area contributed by atoms with Crippen LogP contribution in [0.3, 0.4) is 0 Å². The van der Waals surface area contributed by atoms with Gasteiger partial charge in [-0.15, -0.1) is 0 Å². The van der Waals surface area contributed by atoms with Crippen molar-refractivity contribution in [3.8, 4) is 0 Å². The Balaban J connectivity index is 1.96. The average Bonchev–Trinajstić information content (AvgIpc) is 2.20. The lowest BCUT2D eigenvalue weighted by Crippen LogP contribution is -2.45. The van der Waals surface area contributed by atoms with E-state index in [4.69, 9.17) is 5.73 Å². The largest absolute Gasteiger partial charge is 0.327 e. The lowest BCUT2D eigenvalue weighted by Gasteiger charge is -2.34. The summed E-state index contributed by atoms with van der Waals surface area (Å²) in [4.78, 5) is 6.85. The van der Waals surface area contributed by atoms with Gasteiger partial charge in [0.1, 0.15) is 0 Å². The molecule has 2 heterocycles. The smallest absolute Gasteiger partial charge is 0.0544 e. The molecular formula is C13H21N3. The van der Waals surface area contributed by atoms with E-state index in [-0.39, 0.29) is 0 Å². The molecule has 0 aliphatic carbocycles. The first-order valence-corrected chi connectivity index (χ1v) is 6.03. The third-order valence-electron chi connectivity index (χ3n) is 3.13. The van der Waals surface area contributed by atoms with Gasteiger partial charge >= 0.3 is 0 Å². The molecule has 2 rings (SSSR count). The Morgan fingerprint density at radius 2 is 2.25 bits per heavy atom. The van der Waals surface area contributed by atoms with Gasteiger partial charge in [0.05, 0.1) is 5.69 Å². The number of likely N-dealkylation sites (tertiary alicyclic amines) is 1. The molecule has 16 heavy (non-hydrogen) atoms. The van der Waals surface area contributed by atoms with Gasteiger partial charge in [0.25, 0.3) is 0 Å². The second-order valence-corrected chi connectivity index (χ2v) is 5.12. The van der Waals surface area contributed by atoms with Crippen LogP contribution in [0.5, 0.6) is 0 Å². The topological polar surface area (TPSA) is 42.1 Å². The highest BCUT2D eigenvalue weighted by Crippen LogP contribution is 2.16. The Kier molecular flexibility index (Phi) is 3.56. The minimum atomic E-state index is 0.328. The Hall–Kier alpha value is -0.930.